The molecule has 3 aromatic carbocycles. The van der Waals surface area contributed by atoms with Crippen LogP contribution in [-0.4, -0.2) is 28.6 Å². The van der Waals surface area contributed by atoms with Gasteiger partial charge >= 0.3 is 5.97 Å². The predicted molar refractivity (Wildman–Crippen MR) is 128 cm³/mol. The number of rotatable bonds is 7. The van der Waals surface area contributed by atoms with Crippen LogP contribution in [-0.2, 0) is 11.4 Å². The minimum atomic E-state index is -0.808. The van der Waals surface area contributed by atoms with Gasteiger partial charge in [-0.3, -0.25) is 9.69 Å². The average Bonchev–Trinajstić information content (AvgIpc) is 2.82. The van der Waals surface area contributed by atoms with E-state index in [9.17, 15) is 9.90 Å². The van der Waals surface area contributed by atoms with E-state index < -0.39 is 12.0 Å². The highest BCUT2D eigenvalue weighted by Gasteiger charge is 2.36. The van der Waals surface area contributed by atoms with E-state index in [1.807, 2.05) is 66.7 Å². The van der Waals surface area contributed by atoms with Gasteiger partial charge in [-0.1, -0.05) is 84.2 Å². The first-order valence-electron chi connectivity index (χ1n) is 10.7. The Labute approximate surface area is 198 Å². The molecule has 6 heteroatoms. The number of aliphatic carboxylic acids is 1. The Morgan fingerprint density at radius 3 is 2.50 bits per heavy atom. The molecule has 2 unspecified atom stereocenters. The first-order chi connectivity index (χ1) is 15.5. The van der Waals surface area contributed by atoms with Crippen molar-refractivity contribution in [2.75, 3.05) is 6.54 Å². The van der Waals surface area contributed by atoms with Gasteiger partial charge in [-0.05, 0) is 48.7 Å². The molecule has 1 saturated heterocycles. The lowest BCUT2D eigenvalue weighted by atomic mass is 9.91. The number of para-hydroxylation sites is 1. The highest BCUT2D eigenvalue weighted by atomic mass is 35.5. The van der Waals surface area contributed by atoms with Gasteiger partial charge in [-0.2, -0.15) is 0 Å². The molecule has 0 spiro atoms. The summed E-state index contributed by atoms with van der Waals surface area (Å²) in [7, 11) is 0. The maximum absolute atomic E-state index is 12.1. The molecular formula is C26H25Cl2NO3. The number of nitrogens with zero attached hydrogens (tertiary/aromatic N) is 1. The van der Waals surface area contributed by atoms with Crippen molar-refractivity contribution in [2.45, 2.75) is 38.0 Å². The van der Waals surface area contributed by atoms with Gasteiger partial charge in [-0.25, -0.2) is 0 Å². The monoisotopic (exact) mass is 469 g/mol. The Balaban J connectivity index is 1.76. The highest BCUT2D eigenvalue weighted by molar-refractivity contribution is 6.42. The van der Waals surface area contributed by atoms with Gasteiger partial charge in [0.1, 0.15) is 18.4 Å². The lowest BCUT2D eigenvalue weighted by molar-refractivity contribution is -0.145. The lowest BCUT2D eigenvalue weighted by Gasteiger charge is -2.40. The molecule has 1 N–H and O–H groups in total. The van der Waals surface area contributed by atoms with Crippen LogP contribution in [0.4, 0.5) is 0 Å². The van der Waals surface area contributed by atoms with Crippen molar-refractivity contribution in [1.29, 1.82) is 0 Å². The first kappa shape index (κ1) is 22.7. The van der Waals surface area contributed by atoms with Crippen molar-refractivity contribution in [3.8, 4) is 5.75 Å². The summed E-state index contributed by atoms with van der Waals surface area (Å²) < 4.78 is 6.23. The molecule has 0 radical (unpaired) electrons. The number of benzene rings is 3. The maximum Gasteiger partial charge on any atom is 0.320 e. The van der Waals surface area contributed by atoms with Crippen LogP contribution in [0.3, 0.4) is 0 Å². The van der Waals surface area contributed by atoms with Crippen molar-refractivity contribution in [3.63, 3.8) is 0 Å². The zero-order chi connectivity index (χ0) is 22.5. The summed E-state index contributed by atoms with van der Waals surface area (Å²) in [6.07, 6.45) is 2.45. The van der Waals surface area contributed by atoms with E-state index in [1.54, 1.807) is 6.07 Å². The molecule has 0 amide bonds. The van der Waals surface area contributed by atoms with Gasteiger partial charge in [-0.15, -0.1) is 0 Å². The van der Waals surface area contributed by atoms with Crippen molar-refractivity contribution in [3.05, 3.63) is 99.5 Å². The summed E-state index contributed by atoms with van der Waals surface area (Å²) in [5.41, 5.74) is 2.87. The van der Waals surface area contributed by atoms with Gasteiger partial charge in [0.05, 0.1) is 16.1 Å². The van der Waals surface area contributed by atoms with E-state index in [2.05, 4.69) is 4.90 Å². The normalized spacial score (nSPS) is 17.6. The molecule has 3 aromatic rings. The molecule has 0 aliphatic carbocycles. The second kappa shape index (κ2) is 10.4. The summed E-state index contributed by atoms with van der Waals surface area (Å²) in [4.78, 5) is 14.2. The Morgan fingerprint density at radius 2 is 1.75 bits per heavy atom. The fourth-order valence-electron chi connectivity index (χ4n) is 4.33. The Bertz CT molecular complexity index is 1070. The van der Waals surface area contributed by atoms with E-state index >= 15 is 0 Å². The summed E-state index contributed by atoms with van der Waals surface area (Å²) in [5, 5.41) is 10.9. The number of halogens is 2. The van der Waals surface area contributed by atoms with Crippen LogP contribution in [0, 0.1) is 0 Å². The summed E-state index contributed by atoms with van der Waals surface area (Å²) >= 11 is 12.5. The third-order valence-corrected chi connectivity index (χ3v) is 6.61. The maximum atomic E-state index is 12.1. The highest BCUT2D eigenvalue weighted by Crippen LogP contribution is 2.40. The van der Waals surface area contributed by atoms with Crippen LogP contribution >= 0.6 is 23.2 Å². The van der Waals surface area contributed by atoms with Crippen LogP contribution in [0.25, 0.3) is 0 Å². The van der Waals surface area contributed by atoms with Crippen molar-refractivity contribution >= 4 is 29.2 Å². The number of hydrogen-bond acceptors (Lipinski definition) is 3. The third kappa shape index (κ3) is 5.09. The van der Waals surface area contributed by atoms with Crippen LogP contribution in [0.15, 0.2) is 72.8 Å². The van der Waals surface area contributed by atoms with Crippen LogP contribution in [0.1, 0.15) is 42.0 Å². The SMILES string of the molecule is O=C(O)C1CCCCN1C(c1ccc(Cl)c(Cl)c1)c1ccccc1OCc1ccccc1. The Kier molecular flexibility index (Phi) is 7.36. The molecule has 0 saturated carbocycles. The van der Waals surface area contributed by atoms with Gasteiger partial charge in [0, 0.05) is 5.56 Å². The van der Waals surface area contributed by atoms with E-state index in [0.29, 0.717) is 29.6 Å². The average molecular weight is 470 g/mol. The summed E-state index contributed by atoms with van der Waals surface area (Å²) in [5.74, 6) is -0.0837. The zero-order valence-electron chi connectivity index (χ0n) is 17.6. The molecule has 4 rings (SSSR count). The van der Waals surface area contributed by atoms with Crippen molar-refractivity contribution < 1.29 is 14.6 Å². The summed E-state index contributed by atoms with van der Waals surface area (Å²) in [6.45, 7) is 1.10. The molecule has 0 bridgehead atoms. The van der Waals surface area contributed by atoms with Gasteiger partial charge in [0.2, 0.25) is 0 Å². The number of carbonyl (C=O) groups is 1. The van der Waals surface area contributed by atoms with Crippen LogP contribution < -0.4 is 4.74 Å². The molecule has 166 valence electrons. The largest absolute Gasteiger partial charge is 0.489 e. The quantitative estimate of drug-likeness (QED) is 0.423. The van der Waals surface area contributed by atoms with Crippen LogP contribution in [0.2, 0.25) is 10.0 Å². The smallest absolute Gasteiger partial charge is 0.320 e. The number of piperidine rings is 1. The Hall–Kier alpha value is -2.53. The number of carboxylic acid groups (broad SMARTS) is 1. The fourth-order valence-corrected chi connectivity index (χ4v) is 4.64. The number of likely N-dealkylation sites (tertiary alicyclic amines) is 1. The van der Waals surface area contributed by atoms with Gasteiger partial charge in [0.25, 0.3) is 0 Å². The second-order valence-electron chi connectivity index (χ2n) is 7.98. The van der Waals surface area contributed by atoms with Crippen molar-refractivity contribution in [1.82, 2.24) is 4.90 Å². The topological polar surface area (TPSA) is 49.8 Å². The van der Waals surface area contributed by atoms with E-state index in [1.165, 1.54) is 0 Å². The minimum Gasteiger partial charge on any atom is -0.489 e. The molecule has 2 atom stereocenters. The Morgan fingerprint density at radius 1 is 1.00 bits per heavy atom. The molecule has 32 heavy (non-hydrogen) atoms. The third-order valence-electron chi connectivity index (χ3n) is 5.87. The molecule has 1 aliphatic heterocycles. The number of ether oxygens (including phenoxy) is 1. The standard InChI is InChI=1S/C26H25Cl2NO3/c27-21-14-13-19(16-22(21)28)25(29-15-7-6-11-23(29)26(30)31)20-10-4-5-12-24(20)32-17-18-8-2-1-3-9-18/h1-5,8-10,12-14,16,23,25H,6-7,11,15,17H2,(H,30,31). The van der Waals surface area contributed by atoms with Crippen LogP contribution in [0.5, 0.6) is 5.75 Å². The van der Waals surface area contributed by atoms with E-state index in [0.717, 1.165) is 35.3 Å². The van der Waals surface area contributed by atoms with Gasteiger partial charge < -0.3 is 9.84 Å². The molecular weight excluding hydrogens is 445 g/mol. The number of carboxylic acids is 1. The summed E-state index contributed by atoms with van der Waals surface area (Å²) in [6, 6.07) is 22.4. The van der Waals surface area contributed by atoms with E-state index in [-0.39, 0.29) is 6.04 Å². The zero-order valence-corrected chi connectivity index (χ0v) is 19.1. The second-order valence-corrected chi connectivity index (χ2v) is 8.79. The fraction of sp³-hybridized carbons (Fsp3) is 0.269. The number of hydrogen-bond donors (Lipinski definition) is 1. The van der Waals surface area contributed by atoms with Crippen molar-refractivity contribution in [2.24, 2.45) is 0 Å². The predicted octanol–water partition coefficient (Wildman–Crippen LogP) is 6.60. The van der Waals surface area contributed by atoms with Gasteiger partial charge in [0.15, 0.2) is 0 Å². The van der Waals surface area contributed by atoms with E-state index in [4.69, 9.17) is 27.9 Å². The molecule has 0 aromatic heterocycles. The molecule has 1 fully saturated rings. The lowest BCUT2D eigenvalue weighted by Crippen LogP contribution is -2.46. The molecule has 1 aliphatic rings. The molecule has 4 nitrogen and oxygen atoms in total. The molecule has 1 heterocycles. The minimum absolute atomic E-state index is 0.321. The first-order valence-corrected chi connectivity index (χ1v) is 11.5.